The second-order valence-corrected chi connectivity index (χ2v) is 3.77. The molecular weight excluding hydrogens is 170 g/mol. The minimum atomic E-state index is -1.03. The molecule has 0 amide bonds. The van der Waals surface area contributed by atoms with Gasteiger partial charge in [-0.1, -0.05) is 25.1 Å². The monoisotopic (exact) mass is 183 g/mol. The van der Waals surface area contributed by atoms with Gasteiger partial charge in [-0.3, -0.25) is 0 Å². The van der Waals surface area contributed by atoms with Crippen LogP contribution in [0.4, 0.5) is 0 Å². The van der Waals surface area contributed by atoms with E-state index in [1.54, 1.807) is 0 Å². The smallest absolute Gasteiger partial charge is 0.173 e. The normalized spacial score (nSPS) is 12.8. The molecule has 0 aromatic heterocycles. The molecule has 3 heteroatoms. The van der Waals surface area contributed by atoms with Crippen molar-refractivity contribution in [1.29, 1.82) is 0 Å². The molecule has 1 unspecified atom stereocenters. The van der Waals surface area contributed by atoms with Crippen LogP contribution in [0.3, 0.4) is 0 Å². The molecule has 0 aliphatic carbocycles. The van der Waals surface area contributed by atoms with Crippen molar-refractivity contribution in [2.24, 2.45) is 0 Å². The average Bonchev–Trinajstić information content (AvgIpc) is 2.15. The molecule has 1 atom stereocenters. The first-order valence-corrected chi connectivity index (χ1v) is 5.20. The van der Waals surface area contributed by atoms with Crippen molar-refractivity contribution < 1.29 is 4.55 Å². The predicted octanol–water partition coefficient (Wildman–Crippen LogP) is 1.71. The van der Waals surface area contributed by atoms with Crippen molar-refractivity contribution in [3.63, 3.8) is 0 Å². The number of nitrogens with one attached hydrogen (secondary N) is 1. The summed E-state index contributed by atoms with van der Waals surface area (Å²) in [5, 5.41) is 0. The topological polar surface area (TPSA) is 35.1 Å². The zero-order chi connectivity index (χ0) is 8.81. The van der Waals surface area contributed by atoms with Gasteiger partial charge in [-0.25, -0.2) is 0 Å². The summed E-state index contributed by atoms with van der Waals surface area (Å²) >= 11 is -1.03. The van der Waals surface area contributed by atoms with Crippen LogP contribution in [-0.4, -0.2) is 11.1 Å². The largest absolute Gasteiger partial charge is 0.593 e. The van der Waals surface area contributed by atoms with Gasteiger partial charge in [-0.05, 0) is 18.6 Å². The lowest BCUT2D eigenvalue weighted by atomic mass is 10.4. The molecule has 0 spiro atoms. The summed E-state index contributed by atoms with van der Waals surface area (Å²) in [5.41, 5.74) is 0. The molecule has 12 heavy (non-hydrogen) atoms. The Morgan fingerprint density at radius 2 is 2.00 bits per heavy atom. The first-order chi connectivity index (χ1) is 5.84. The Bertz CT molecular complexity index is 215. The van der Waals surface area contributed by atoms with Crippen molar-refractivity contribution in [1.82, 2.24) is 4.72 Å². The van der Waals surface area contributed by atoms with Crippen molar-refractivity contribution >= 4 is 11.4 Å². The third-order valence-corrected chi connectivity index (χ3v) is 2.61. The molecule has 2 nitrogen and oxygen atoms in total. The number of hydrogen-bond acceptors (Lipinski definition) is 2. The van der Waals surface area contributed by atoms with Crippen LogP contribution in [0.2, 0.25) is 0 Å². The Kier molecular flexibility index (Phi) is 4.14. The minimum absolute atomic E-state index is 0.793. The van der Waals surface area contributed by atoms with E-state index < -0.39 is 11.4 Å². The maximum Gasteiger partial charge on any atom is 0.173 e. The fraction of sp³-hybridized carbons (Fsp3) is 0.333. The number of benzene rings is 1. The first kappa shape index (κ1) is 9.58. The van der Waals surface area contributed by atoms with Crippen molar-refractivity contribution in [2.45, 2.75) is 18.2 Å². The van der Waals surface area contributed by atoms with Crippen molar-refractivity contribution in [2.75, 3.05) is 6.54 Å². The Labute approximate surface area is 76.3 Å². The van der Waals surface area contributed by atoms with Crippen LogP contribution in [-0.2, 0) is 11.4 Å². The van der Waals surface area contributed by atoms with E-state index in [9.17, 15) is 4.55 Å². The van der Waals surface area contributed by atoms with E-state index in [1.165, 1.54) is 0 Å². The van der Waals surface area contributed by atoms with Gasteiger partial charge in [0.05, 0.1) is 11.4 Å². The molecule has 0 aliphatic rings. The van der Waals surface area contributed by atoms with Gasteiger partial charge in [0.25, 0.3) is 0 Å². The molecule has 0 fully saturated rings. The summed E-state index contributed by atoms with van der Waals surface area (Å²) in [6.07, 6.45) is 0.999. The van der Waals surface area contributed by atoms with Crippen LogP contribution in [0.5, 0.6) is 0 Å². The summed E-state index contributed by atoms with van der Waals surface area (Å²) in [7, 11) is 0. The average molecular weight is 183 g/mol. The highest BCUT2D eigenvalue weighted by atomic mass is 32.2. The third-order valence-electron chi connectivity index (χ3n) is 1.44. The van der Waals surface area contributed by atoms with E-state index in [1.807, 2.05) is 30.3 Å². The van der Waals surface area contributed by atoms with Gasteiger partial charge in [0.1, 0.15) is 0 Å². The molecule has 0 heterocycles. The van der Waals surface area contributed by atoms with E-state index in [4.69, 9.17) is 0 Å². The molecule has 0 saturated heterocycles. The van der Waals surface area contributed by atoms with Crippen LogP contribution in [0.15, 0.2) is 35.2 Å². The van der Waals surface area contributed by atoms with Gasteiger partial charge in [0.15, 0.2) is 4.90 Å². The van der Waals surface area contributed by atoms with Gasteiger partial charge in [0.2, 0.25) is 0 Å². The van der Waals surface area contributed by atoms with E-state index in [-0.39, 0.29) is 0 Å². The highest BCUT2D eigenvalue weighted by molar-refractivity contribution is 7.89. The fourth-order valence-corrected chi connectivity index (χ4v) is 1.78. The van der Waals surface area contributed by atoms with Crippen molar-refractivity contribution in [3.8, 4) is 0 Å². The summed E-state index contributed by atoms with van der Waals surface area (Å²) in [4.78, 5) is 0.839. The highest BCUT2D eigenvalue weighted by Gasteiger charge is 2.07. The number of rotatable bonds is 4. The van der Waals surface area contributed by atoms with Crippen LogP contribution >= 0.6 is 0 Å². The van der Waals surface area contributed by atoms with Crippen LogP contribution in [0.1, 0.15) is 13.3 Å². The molecule has 0 radical (unpaired) electrons. The van der Waals surface area contributed by atoms with Crippen molar-refractivity contribution in [3.05, 3.63) is 30.3 Å². The Balaban J connectivity index is 2.48. The Morgan fingerprint density at radius 3 is 2.58 bits per heavy atom. The quantitative estimate of drug-likeness (QED) is 0.721. The van der Waals surface area contributed by atoms with Gasteiger partial charge in [-0.2, -0.15) is 0 Å². The van der Waals surface area contributed by atoms with E-state index in [0.29, 0.717) is 0 Å². The lowest BCUT2D eigenvalue weighted by Gasteiger charge is -2.08. The summed E-state index contributed by atoms with van der Waals surface area (Å²) in [5.74, 6) is 0. The Morgan fingerprint density at radius 1 is 1.33 bits per heavy atom. The molecule has 1 aromatic rings. The fourth-order valence-electron chi connectivity index (χ4n) is 0.822. The second-order valence-electron chi connectivity index (χ2n) is 2.48. The zero-order valence-electron chi connectivity index (χ0n) is 7.12. The molecule has 1 aromatic carbocycles. The van der Waals surface area contributed by atoms with Gasteiger partial charge in [-0.15, -0.1) is 4.72 Å². The standard InChI is InChI=1S/C9H13NOS/c1-2-8-10-12(11)9-6-4-3-5-7-9/h3-7,10H,2,8H2,1H3. The molecule has 0 aliphatic heterocycles. The highest BCUT2D eigenvalue weighted by Crippen LogP contribution is 2.06. The second kappa shape index (κ2) is 5.19. The zero-order valence-corrected chi connectivity index (χ0v) is 7.93. The summed E-state index contributed by atoms with van der Waals surface area (Å²) in [6, 6.07) is 9.42. The predicted molar refractivity (Wildman–Crippen MR) is 51.1 cm³/mol. The molecular formula is C9H13NOS. The van der Waals surface area contributed by atoms with Crippen LogP contribution < -0.4 is 4.72 Å². The van der Waals surface area contributed by atoms with Crippen LogP contribution in [0, 0.1) is 0 Å². The Hall–Kier alpha value is -0.510. The van der Waals surface area contributed by atoms with Crippen LogP contribution in [0.25, 0.3) is 0 Å². The SMILES string of the molecule is CCCN[S+]([O-])c1ccccc1. The number of hydrogen-bond donors (Lipinski definition) is 1. The summed E-state index contributed by atoms with van der Waals surface area (Å²) in [6.45, 7) is 2.84. The van der Waals surface area contributed by atoms with E-state index in [0.717, 1.165) is 17.9 Å². The maximum atomic E-state index is 11.4. The lowest BCUT2D eigenvalue weighted by molar-refractivity contribution is 0.580. The van der Waals surface area contributed by atoms with E-state index in [2.05, 4.69) is 11.6 Å². The molecule has 1 rings (SSSR count). The lowest BCUT2D eigenvalue weighted by Crippen LogP contribution is -2.24. The van der Waals surface area contributed by atoms with Gasteiger partial charge in [0, 0.05) is 6.54 Å². The molecule has 0 saturated carbocycles. The minimum Gasteiger partial charge on any atom is -0.593 e. The third kappa shape index (κ3) is 2.85. The molecule has 1 N–H and O–H groups in total. The maximum absolute atomic E-state index is 11.4. The van der Waals surface area contributed by atoms with Gasteiger partial charge >= 0.3 is 0 Å². The van der Waals surface area contributed by atoms with Gasteiger partial charge < -0.3 is 4.55 Å². The first-order valence-electron chi connectivity index (χ1n) is 4.05. The molecule has 66 valence electrons. The van der Waals surface area contributed by atoms with E-state index >= 15 is 0 Å². The molecule has 0 bridgehead atoms. The summed E-state index contributed by atoms with van der Waals surface area (Å²) < 4.78 is 14.3.